The molecule has 0 aliphatic carbocycles. The molecule has 2 nitrogen and oxygen atoms in total. The molecule has 3 aromatic rings. The van der Waals surface area contributed by atoms with Crippen LogP contribution in [0.5, 0.6) is 11.5 Å². The van der Waals surface area contributed by atoms with Crippen molar-refractivity contribution in [1.82, 2.24) is 0 Å². The van der Waals surface area contributed by atoms with Crippen LogP contribution < -0.4 is 9.47 Å². The van der Waals surface area contributed by atoms with Gasteiger partial charge in [-0.15, -0.1) is 6.42 Å². The summed E-state index contributed by atoms with van der Waals surface area (Å²) in [6, 6.07) is 26.5. The minimum Gasteiger partial charge on any atom is -0.481 e. The Balaban J connectivity index is 1.86. The third kappa shape index (κ3) is 3.20. The van der Waals surface area contributed by atoms with Crippen LogP contribution in [-0.2, 0) is 5.41 Å². The molecule has 27 heavy (non-hydrogen) atoms. The smallest absolute Gasteiger partial charge is 0.148 e. The summed E-state index contributed by atoms with van der Waals surface area (Å²) >= 11 is 0. The number of terminal acetylenes is 1. The summed E-state index contributed by atoms with van der Waals surface area (Å²) in [5, 5.41) is 0. The molecule has 1 aliphatic heterocycles. The van der Waals surface area contributed by atoms with Crippen molar-refractivity contribution in [1.29, 1.82) is 0 Å². The molecule has 0 amide bonds. The van der Waals surface area contributed by atoms with E-state index in [1.54, 1.807) is 0 Å². The molecule has 3 aromatic carbocycles. The lowest BCUT2D eigenvalue weighted by Crippen LogP contribution is -2.26. The first-order chi connectivity index (χ1) is 13.2. The zero-order chi connectivity index (χ0) is 18.7. The molecule has 2 heteroatoms. The van der Waals surface area contributed by atoms with E-state index in [-0.39, 0.29) is 12.0 Å². The second-order valence-corrected chi connectivity index (χ2v) is 6.70. The van der Waals surface area contributed by atoms with E-state index in [9.17, 15) is 0 Å². The van der Waals surface area contributed by atoms with Gasteiger partial charge in [-0.25, -0.2) is 0 Å². The van der Waals surface area contributed by atoms with Gasteiger partial charge >= 0.3 is 0 Å². The third-order valence-electron chi connectivity index (χ3n) is 4.91. The van der Waals surface area contributed by atoms with Gasteiger partial charge in [-0.1, -0.05) is 72.7 Å². The lowest BCUT2D eigenvalue weighted by Gasteiger charge is -2.34. The van der Waals surface area contributed by atoms with Crippen molar-refractivity contribution in [3.63, 3.8) is 0 Å². The van der Waals surface area contributed by atoms with Gasteiger partial charge in [-0.3, -0.25) is 0 Å². The average Bonchev–Trinajstić information content (AvgIpc) is 2.73. The highest BCUT2D eigenvalue weighted by molar-refractivity contribution is 5.71. The number of allylic oxidation sites excluding steroid dienone is 1. The van der Waals surface area contributed by atoms with Crippen LogP contribution in [0.4, 0.5) is 0 Å². The van der Waals surface area contributed by atoms with Gasteiger partial charge in [0, 0.05) is 22.6 Å². The molecule has 1 aliphatic rings. The number of hydrogen-bond acceptors (Lipinski definition) is 2. The number of rotatable bonds is 4. The minimum atomic E-state index is -0.315. The highest BCUT2D eigenvalue weighted by atomic mass is 16.5. The highest BCUT2D eigenvalue weighted by Crippen LogP contribution is 2.46. The zero-order valence-electron chi connectivity index (χ0n) is 15.2. The molecule has 0 N–H and O–H groups in total. The van der Waals surface area contributed by atoms with Crippen LogP contribution in [0.25, 0.3) is 5.76 Å². The van der Waals surface area contributed by atoms with Gasteiger partial charge < -0.3 is 9.47 Å². The van der Waals surface area contributed by atoms with Crippen molar-refractivity contribution in [2.45, 2.75) is 12.3 Å². The number of fused-ring (bicyclic) bond motifs is 1. The molecule has 0 saturated carbocycles. The number of hydrogen-bond donors (Lipinski definition) is 0. The largest absolute Gasteiger partial charge is 0.481 e. The Morgan fingerprint density at radius 1 is 0.963 bits per heavy atom. The van der Waals surface area contributed by atoms with Crippen LogP contribution in [0.3, 0.4) is 0 Å². The average molecular weight is 352 g/mol. The van der Waals surface area contributed by atoms with Crippen molar-refractivity contribution in [2.24, 2.45) is 0 Å². The monoisotopic (exact) mass is 352 g/mol. The second-order valence-electron chi connectivity index (χ2n) is 6.70. The molecule has 1 atom stereocenters. The molecule has 1 heterocycles. The fourth-order valence-electron chi connectivity index (χ4n) is 3.49. The highest BCUT2D eigenvalue weighted by Gasteiger charge is 2.35. The Kier molecular flexibility index (Phi) is 4.44. The van der Waals surface area contributed by atoms with Crippen molar-refractivity contribution in [3.8, 4) is 23.8 Å². The first kappa shape index (κ1) is 17.0. The Morgan fingerprint density at radius 3 is 2.37 bits per heavy atom. The molecular weight excluding hydrogens is 332 g/mol. The van der Waals surface area contributed by atoms with Crippen molar-refractivity contribution in [2.75, 3.05) is 6.61 Å². The van der Waals surface area contributed by atoms with Gasteiger partial charge in [0.25, 0.3) is 0 Å². The quantitative estimate of drug-likeness (QED) is 0.582. The van der Waals surface area contributed by atoms with Gasteiger partial charge in [-0.2, -0.15) is 0 Å². The van der Waals surface area contributed by atoms with Crippen LogP contribution >= 0.6 is 0 Å². The third-order valence-corrected chi connectivity index (χ3v) is 4.91. The predicted molar refractivity (Wildman–Crippen MR) is 109 cm³/mol. The number of benzene rings is 3. The van der Waals surface area contributed by atoms with E-state index in [1.165, 1.54) is 5.56 Å². The fourth-order valence-corrected chi connectivity index (χ4v) is 3.49. The summed E-state index contributed by atoms with van der Waals surface area (Å²) in [6.07, 6.45) is 7.51. The molecule has 0 spiro atoms. The summed E-state index contributed by atoms with van der Waals surface area (Å²) in [5.74, 6) is 4.83. The van der Waals surface area contributed by atoms with Gasteiger partial charge in [-0.05, 0) is 24.6 Å². The van der Waals surface area contributed by atoms with Crippen LogP contribution in [-0.4, -0.2) is 6.61 Å². The zero-order valence-corrected chi connectivity index (χ0v) is 15.2. The van der Waals surface area contributed by atoms with Crippen molar-refractivity contribution >= 4 is 5.76 Å². The van der Waals surface area contributed by atoms with E-state index in [0.717, 1.165) is 22.6 Å². The summed E-state index contributed by atoms with van der Waals surface area (Å²) in [7, 11) is 0. The Bertz CT molecular complexity index is 1010. The molecule has 0 bridgehead atoms. The fraction of sp³-hybridized carbons (Fsp3) is 0.120. The van der Waals surface area contributed by atoms with Crippen molar-refractivity contribution in [3.05, 3.63) is 102 Å². The van der Waals surface area contributed by atoms with E-state index in [1.807, 2.05) is 36.4 Å². The van der Waals surface area contributed by atoms with Gasteiger partial charge in [0.15, 0.2) is 0 Å². The molecule has 0 saturated heterocycles. The predicted octanol–water partition coefficient (Wildman–Crippen LogP) is 5.44. The van der Waals surface area contributed by atoms with Gasteiger partial charge in [0.1, 0.15) is 23.9 Å². The first-order valence-electron chi connectivity index (χ1n) is 8.93. The van der Waals surface area contributed by atoms with E-state index in [2.05, 4.69) is 61.4 Å². The number of ether oxygens (including phenoxy) is 2. The first-order valence-corrected chi connectivity index (χ1v) is 8.93. The summed E-state index contributed by atoms with van der Waals surface area (Å²) in [4.78, 5) is 0. The molecule has 4 rings (SSSR count). The molecule has 0 fully saturated rings. The molecular formula is C25H20O2. The summed E-state index contributed by atoms with van der Waals surface area (Å²) in [5.41, 5.74) is 3.03. The second kappa shape index (κ2) is 7.05. The van der Waals surface area contributed by atoms with Crippen LogP contribution in [0.15, 0.2) is 84.9 Å². The lowest BCUT2D eigenvalue weighted by molar-refractivity contribution is 0.366. The summed E-state index contributed by atoms with van der Waals surface area (Å²) in [6.45, 7) is 2.45. The Labute approximate surface area is 160 Å². The molecule has 132 valence electrons. The SMILES string of the molecule is C#CCOc1ccc2c(c1)OC(c1ccccc1)=CC2(C)c1ccccc1. The van der Waals surface area contributed by atoms with Crippen molar-refractivity contribution < 1.29 is 9.47 Å². The normalized spacial score (nSPS) is 17.9. The molecule has 0 radical (unpaired) electrons. The van der Waals surface area contributed by atoms with Gasteiger partial charge in [0.05, 0.1) is 0 Å². The van der Waals surface area contributed by atoms with Crippen LogP contribution in [0.2, 0.25) is 0 Å². The molecule has 1 unspecified atom stereocenters. The van der Waals surface area contributed by atoms with Crippen LogP contribution in [0.1, 0.15) is 23.6 Å². The van der Waals surface area contributed by atoms with Crippen LogP contribution in [0, 0.1) is 12.3 Å². The van der Waals surface area contributed by atoms with E-state index < -0.39 is 0 Å². The Hall–Kier alpha value is -3.44. The Morgan fingerprint density at radius 2 is 1.67 bits per heavy atom. The maximum Gasteiger partial charge on any atom is 0.148 e. The topological polar surface area (TPSA) is 18.5 Å². The molecule has 0 aromatic heterocycles. The minimum absolute atomic E-state index is 0.232. The maximum atomic E-state index is 6.29. The maximum absolute atomic E-state index is 6.29. The summed E-state index contributed by atoms with van der Waals surface area (Å²) < 4.78 is 11.9. The van der Waals surface area contributed by atoms with E-state index in [0.29, 0.717) is 5.75 Å². The standard InChI is InChI=1S/C25H20O2/c1-3-16-26-21-14-15-22-23(17-21)27-24(19-10-6-4-7-11-19)18-25(22,2)20-12-8-5-9-13-20/h1,4-15,17-18H,16H2,2H3. The lowest BCUT2D eigenvalue weighted by atomic mass is 9.74. The van der Waals surface area contributed by atoms with E-state index >= 15 is 0 Å². The van der Waals surface area contributed by atoms with E-state index in [4.69, 9.17) is 15.9 Å². The van der Waals surface area contributed by atoms with Gasteiger partial charge in [0.2, 0.25) is 0 Å².